The van der Waals surface area contributed by atoms with Gasteiger partial charge >= 0.3 is 0 Å². The predicted molar refractivity (Wildman–Crippen MR) is 91.1 cm³/mol. The van der Waals surface area contributed by atoms with Crippen molar-refractivity contribution >= 4 is 11.5 Å². The van der Waals surface area contributed by atoms with Crippen molar-refractivity contribution in [2.24, 2.45) is 5.92 Å². The maximum Gasteiger partial charge on any atom is 0.213 e. The average molecular weight is 328 g/mol. The van der Waals surface area contributed by atoms with Gasteiger partial charge < -0.3 is 9.64 Å². The minimum absolute atomic E-state index is 0.195. The van der Waals surface area contributed by atoms with Crippen LogP contribution in [0.15, 0.2) is 42.6 Å². The smallest absolute Gasteiger partial charge is 0.213 e. The molecule has 5 heteroatoms. The minimum Gasteiger partial charge on any atom is -0.477 e. The lowest BCUT2D eigenvalue weighted by molar-refractivity contribution is 0.101. The van der Waals surface area contributed by atoms with Crippen molar-refractivity contribution in [1.82, 2.24) is 4.98 Å². The number of anilines is 1. The van der Waals surface area contributed by atoms with E-state index in [-0.39, 0.29) is 11.3 Å². The lowest BCUT2D eigenvalue weighted by Crippen LogP contribution is -2.36. The summed E-state index contributed by atoms with van der Waals surface area (Å²) < 4.78 is 19.7. The van der Waals surface area contributed by atoms with E-state index in [9.17, 15) is 9.18 Å². The summed E-state index contributed by atoms with van der Waals surface area (Å²) in [5.74, 6) is 0.408. The number of Topliss-reactive ketones (excluding diaryl/α,β-unsaturated/α-hetero) is 1. The van der Waals surface area contributed by atoms with Gasteiger partial charge in [-0.15, -0.1) is 0 Å². The molecule has 0 aliphatic carbocycles. The highest BCUT2D eigenvalue weighted by molar-refractivity contribution is 6.00. The Hall–Kier alpha value is -2.43. The lowest BCUT2D eigenvalue weighted by Gasteiger charge is -2.34. The van der Waals surface area contributed by atoms with Gasteiger partial charge in [0.05, 0.1) is 17.9 Å². The van der Waals surface area contributed by atoms with E-state index in [1.807, 2.05) is 24.3 Å². The minimum atomic E-state index is -0.444. The molecular weight excluding hydrogens is 307 g/mol. The van der Waals surface area contributed by atoms with E-state index in [1.54, 1.807) is 12.3 Å². The number of nitrogens with zero attached hydrogens (tertiary/aromatic N) is 2. The molecule has 0 spiro atoms. The Labute approximate surface area is 141 Å². The van der Waals surface area contributed by atoms with Gasteiger partial charge in [-0.3, -0.25) is 4.79 Å². The quantitative estimate of drug-likeness (QED) is 0.785. The second-order valence-corrected chi connectivity index (χ2v) is 6.10. The molecule has 126 valence electrons. The first-order valence-electron chi connectivity index (χ1n) is 8.23. The molecule has 0 atom stereocenters. The Kier molecular flexibility index (Phi) is 5.08. The summed E-state index contributed by atoms with van der Waals surface area (Å²) in [4.78, 5) is 18.0. The molecule has 24 heavy (non-hydrogen) atoms. The third-order valence-electron chi connectivity index (χ3n) is 4.40. The number of pyridine rings is 1. The molecule has 4 nitrogen and oxygen atoms in total. The fourth-order valence-electron chi connectivity index (χ4n) is 3.10. The molecule has 1 aliphatic heterocycles. The molecular formula is C19H21FN2O2. The number of benzene rings is 1. The molecule has 0 unspecified atom stereocenters. The molecule has 1 aromatic carbocycles. The second-order valence-electron chi connectivity index (χ2n) is 6.10. The number of carbonyl (C=O) groups excluding carboxylic acids is 1. The molecule has 1 fully saturated rings. The van der Waals surface area contributed by atoms with Gasteiger partial charge in [0.15, 0.2) is 5.78 Å². The summed E-state index contributed by atoms with van der Waals surface area (Å²) in [5.41, 5.74) is 0.896. The van der Waals surface area contributed by atoms with Crippen molar-refractivity contribution in [3.05, 3.63) is 54.0 Å². The fourth-order valence-corrected chi connectivity index (χ4v) is 3.10. The van der Waals surface area contributed by atoms with E-state index in [0.717, 1.165) is 25.9 Å². The van der Waals surface area contributed by atoms with Crippen molar-refractivity contribution in [3.63, 3.8) is 0 Å². The number of piperidine rings is 1. The zero-order valence-corrected chi connectivity index (χ0v) is 13.7. The van der Waals surface area contributed by atoms with E-state index >= 15 is 0 Å². The monoisotopic (exact) mass is 328 g/mol. The predicted octanol–water partition coefficient (Wildman–Crippen LogP) is 3.72. The van der Waals surface area contributed by atoms with Gasteiger partial charge in [0.25, 0.3) is 0 Å². The number of hydrogen-bond acceptors (Lipinski definition) is 4. The number of ketones is 1. The van der Waals surface area contributed by atoms with Gasteiger partial charge in [0, 0.05) is 25.4 Å². The first-order valence-corrected chi connectivity index (χ1v) is 8.23. The van der Waals surface area contributed by atoms with Crippen molar-refractivity contribution in [2.45, 2.75) is 19.8 Å². The van der Waals surface area contributed by atoms with Crippen LogP contribution in [0, 0.1) is 11.7 Å². The Balaban J connectivity index is 1.59. The van der Waals surface area contributed by atoms with Crippen molar-refractivity contribution in [3.8, 4) is 5.88 Å². The van der Waals surface area contributed by atoms with E-state index in [2.05, 4.69) is 9.88 Å². The summed E-state index contributed by atoms with van der Waals surface area (Å²) in [6.45, 7) is 3.63. The summed E-state index contributed by atoms with van der Waals surface area (Å²) >= 11 is 0. The largest absolute Gasteiger partial charge is 0.477 e. The van der Waals surface area contributed by atoms with Crippen LogP contribution >= 0.6 is 0 Å². The molecule has 1 saturated heterocycles. The number of halogens is 1. The highest BCUT2D eigenvalue weighted by Crippen LogP contribution is 2.28. The molecule has 0 N–H and O–H groups in total. The van der Waals surface area contributed by atoms with Gasteiger partial charge in [-0.05, 0) is 43.9 Å². The van der Waals surface area contributed by atoms with Crippen LogP contribution in [0.25, 0.3) is 0 Å². The first kappa shape index (κ1) is 16.4. The van der Waals surface area contributed by atoms with Gasteiger partial charge in [-0.25, -0.2) is 9.37 Å². The number of carbonyl (C=O) groups is 1. The molecule has 0 amide bonds. The Morgan fingerprint density at radius 3 is 2.71 bits per heavy atom. The zero-order chi connectivity index (χ0) is 16.9. The SMILES string of the molecule is CC(=O)c1c(F)cccc1N1CCC(COc2ccccn2)CC1. The molecule has 0 saturated carbocycles. The summed E-state index contributed by atoms with van der Waals surface area (Å²) in [6.07, 6.45) is 3.60. The van der Waals surface area contributed by atoms with Crippen LogP contribution in [0.4, 0.5) is 10.1 Å². The Morgan fingerprint density at radius 1 is 1.25 bits per heavy atom. The number of aromatic nitrogens is 1. The van der Waals surface area contributed by atoms with Crippen LogP contribution in [0.1, 0.15) is 30.1 Å². The van der Waals surface area contributed by atoms with Gasteiger partial charge in [0.2, 0.25) is 5.88 Å². The highest BCUT2D eigenvalue weighted by atomic mass is 19.1. The van der Waals surface area contributed by atoms with Crippen LogP contribution in [0.3, 0.4) is 0 Å². The van der Waals surface area contributed by atoms with E-state index in [4.69, 9.17) is 4.74 Å². The molecule has 3 rings (SSSR count). The van der Waals surface area contributed by atoms with Crippen LogP contribution in [0.5, 0.6) is 5.88 Å². The van der Waals surface area contributed by atoms with E-state index in [1.165, 1.54) is 13.0 Å². The standard InChI is InChI=1S/C19H21FN2O2/c1-14(23)19-16(20)5-4-6-17(19)22-11-8-15(9-12-22)13-24-18-7-2-3-10-21-18/h2-7,10,15H,8-9,11-13H2,1H3. The maximum atomic E-state index is 14.0. The van der Waals surface area contributed by atoms with Gasteiger partial charge in [0.1, 0.15) is 5.82 Å². The maximum absolute atomic E-state index is 14.0. The van der Waals surface area contributed by atoms with E-state index in [0.29, 0.717) is 24.1 Å². The zero-order valence-electron chi connectivity index (χ0n) is 13.7. The molecule has 2 heterocycles. The summed E-state index contributed by atoms with van der Waals surface area (Å²) in [7, 11) is 0. The van der Waals surface area contributed by atoms with Crippen molar-refractivity contribution in [2.75, 3.05) is 24.6 Å². The topological polar surface area (TPSA) is 42.4 Å². The number of rotatable bonds is 5. The summed E-state index contributed by atoms with van der Waals surface area (Å²) in [5, 5.41) is 0. The first-order chi connectivity index (χ1) is 11.6. The molecule has 0 radical (unpaired) electrons. The van der Waals surface area contributed by atoms with Crippen LogP contribution in [-0.4, -0.2) is 30.5 Å². The highest BCUT2D eigenvalue weighted by Gasteiger charge is 2.24. The molecule has 1 aromatic heterocycles. The second kappa shape index (κ2) is 7.43. The van der Waals surface area contributed by atoms with Crippen LogP contribution < -0.4 is 9.64 Å². The van der Waals surface area contributed by atoms with Crippen molar-refractivity contribution in [1.29, 1.82) is 0 Å². The van der Waals surface area contributed by atoms with Gasteiger partial charge in [-0.2, -0.15) is 0 Å². The fraction of sp³-hybridized carbons (Fsp3) is 0.368. The Bertz CT molecular complexity index is 698. The molecule has 0 bridgehead atoms. The Morgan fingerprint density at radius 2 is 2.04 bits per heavy atom. The molecule has 1 aliphatic rings. The summed E-state index contributed by atoms with van der Waals surface area (Å²) in [6, 6.07) is 10.4. The number of ether oxygens (including phenoxy) is 1. The average Bonchev–Trinajstić information content (AvgIpc) is 2.61. The number of hydrogen-bond donors (Lipinski definition) is 0. The van der Waals surface area contributed by atoms with E-state index < -0.39 is 5.82 Å². The van der Waals surface area contributed by atoms with Crippen LogP contribution in [-0.2, 0) is 0 Å². The third kappa shape index (κ3) is 3.72. The van der Waals surface area contributed by atoms with Crippen molar-refractivity contribution < 1.29 is 13.9 Å². The molecule has 2 aromatic rings. The van der Waals surface area contributed by atoms with Crippen LogP contribution in [0.2, 0.25) is 0 Å². The lowest BCUT2D eigenvalue weighted by atomic mass is 9.96. The third-order valence-corrected chi connectivity index (χ3v) is 4.40. The van der Waals surface area contributed by atoms with Gasteiger partial charge in [-0.1, -0.05) is 12.1 Å². The normalized spacial score (nSPS) is 15.3.